The average molecular weight is 278 g/mol. The van der Waals surface area contributed by atoms with Crippen LogP contribution in [0.1, 0.15) is 11.1 Å². The third kappa shape index (κ3) is 3.55. The summed E-state index contributed by atoms with van der Waals surface area (Å²) < 4.78 is 1.90. The van der Waals surface area contributed by atoms with Crippen molar-refractivity contribution in [2.24, 2.45) is 0 Å². The standard InChI is InChI=1S/C17H18N4/c1-2-7-17(21-12-4-10-20-21)16(6-1)14-19-11-8-15-5-3-9-18-13-15/h1-7,9-10,12-13,19H,8,11,14H2. The summed E-state index contributed by atoms with van der Waals surface area (Å²) in [6.45, 7) is 1.76. The summed E-state index contributed by atoms with van der Waals surface area (Å²) in [5.41, 5.74) is 3.62. The zero-order chi connectivity index (χ0) is 14.3. The summed E-state index contributed by atoms with van der Waals surface area (Å²) in [4.78, 5) is 4.13. The first-order chi connectivity index (χ1) is 10.4. The molecule has 0 aliphatic rings. The molecule has 0 saturated carbocycles. The van der Waals surface area contributed by atoms with Gasteiger partial charge in [-0.15, -0.1) is 0 Å². The van der Waals surface area contributed by atoms with Gasteiger partial charge in [0.1, 0.15) is 0 Å². The van der Waals surface area contributed by atoms with Crippen LogP contribution in [0, 0.1) is 0 Å². The molecule has 0 aliphatic heterocycles. The van der Waals surface area contributed by atoms with Crippen molar-refractivity contribution in [3.05, 3.63) is 78.4 Å². The second-order valence-electron chi connectivity index (χ2n) is 4.87. The number of nitrogens with zero attached hydrogens (tertiary/aromatic N) is 3. The van der Waals surface area contributed by atoms with Crippen molar-refractivity contribution in [3.8, 4) is 5.69 Å². The molecule has 3 aromatic rings. The maximum absolute atomic E-state index is 4.30. The highest BCUT2D eigenvalue weighted by Crippen LogP contribution is 2.13. The molecular weight excluding hydrogens is 260 g/mol. The van der Waals surface area contributed by atoms with Gasteiger partial charge < -0.3 is 5.32 Å². The Kier molecular flexibility index (Phi) is 4.39. The lowest BCUT2D eigenvalue weighted by molar-refractivity contribution is 0.680. The molecule has 3 rings (SSSR count). The average Bonchev–Trinajstić information content (AvgIpc) is 3.07. The number of pyridine rings is 1. The van der Waals surface area contributed by atoms with Gasteiger partial charge in [0.2, 0.25) is 0 Å². The first kappa shape index (κ1) is 13.5. The lowest BCUT2D eigenvalue weighted by atomic mass is 10.1. The van der Waals surface area contributed by atoms with Crippen molar-refractivity contribution in [2.45, 2.75) is 13.0 Å². The van der Waals surface area contributed by atoms with Gasteiger partial charge in [-0.25, -0.2) is 4.68 Å². The Morgan fingerprint density at radius 2 is 1.95 bits per heavy atom. The molecule has 0 fully saturated rings. The van der Waals surface area contributed by atoms with E-state index >= 15 is 0 Å². The smallest absolute Gasteiger partial charge is 0.0690 e. The first-order valence-corrected chi connectivity index (χ1v) is 7.11. The van der Waals surface area contributed by atoms with Crippen molar-refractivity contribution in [3.63, 3.8) is 0 Å². The van der Waals surface area contributed by atoms with Crippen LogP contribution in [0.5, 0.6) is 0 Å². The Hall–Kier alpha value is -2.46. The van der Waals surface area contributed by atoms with Crippen molar-refractivity contribution < 1.29 is 0 Å². The third-order valence-electron chi connectivity index (χ3n) is 3.37. The Labute approximate surface area is 124 Å². The number of nitrogens with one attached hydrogen (secondary N) is 1. The maximum Gasteiger partial charge on any atom is 0.0690 e. The third-order valence-corrected chi connectivity index (χ3v) is 3.37. The fraction of sp³-hybridized carbons (Fsp3) is 0.176. The van der Waals surface area contributed by atoms with E-state index in [1.54, 1.807) is 12.4 Å². The minimum atomic E-state index is 0.830. The van der Waals surface area contributed by atoms with E-state index < -0.39 is 0 Å². The molecule has 0 radical (unpaired) electrons. The fourth-order valence-electron chi connectivity index (χ4n) is 2.30. The minimum absolute atomic E-state index is 0.830. The quantitative estimate of drug-likeness (QED) is 0.705. The van der Waals surface area contributed by atoms with Crippen LogP contribution in [0.15, 0.2) is 67.3 Å². The van der Waals surface area contributed by atoms with Crippen LogP contribution >= 0.6 is 0 Å². The number of hydrogen-bond acceptors (Lipinski definition) is 3. The van der Waals surface area contributed by atoms with E-state index in [2.05, 4.69) is 39.7 Å². The normalized spacial score (nSPS) is 10.7. The highest BCUT2D eigenvalue weighted by Gasteiger charge is 2.03. The summed E-state index contributed by atoms with van der Waals surface area (Å²) in [6, 6.07) is 14.3. The molecule has 1 N–H and O–H groups in total. The Morgan fingerprint density at radius 3 is 2.76 bits per heavy atom. The Balaban J connectivity index is 1.59. The van der Waals surface area contributed by atoms with E-state index in [0.29, 0.717) is 0 Å². The van der Waals surface area contributed by atoms with Gasteiger partial charge in [-0.05, 0) is 42.3 Å². The SMILES string of the molecule is c1cncc(CCNCc2ccccc2-n2cccn2)c1. The molecule has 2 heterocycles. The van der Waals surface area contributed by atoms with E-state index in [1.807, 2.05) is 35.3 Å². The fourth-order valence-corrected chi connectivity index (χ4v) is 2.30. The molecule has 0 amide bonds. The Morgan fingerprint density at radius 1 is 1.00 bits per heavy atom. The number of aromatic nitrogens is 3. The molecule has 4 nitrogen and oxygen atoms in total. The van der Waals surface area contributed by atoms with Crippen LogP contribution in [0.3, 0.4) is 0 Å². The van der Waals surface area contributed by atoms with Gasteiger partial charge in [-0.2, -0.15) is 5.10 Å². The summed E-state index contributed by atoms with van der Waals surface area (Å²) in [7, 11) is 0. The molecule has 21 heavy (non-hydrogen) atoms. The number of rotatable bonds is 6. The first-order valence-electron chi connectivity index (χ1n) is 7.11. The monoisotopic (exact) mass is 278 g/mol. The second kappa shape index (κ2) is 6.81. The highest BCUT2D eigenvalue weighted by molar-refractivity contribution is 5.40. The molecule has 0 saturated heterocycles. The van der Waals surface area contributed by atoms with Crippen LogP contribution in [-0.2, 0) is 13.0 Å². The molecule has 0 atom stereocenters. The molecule has 0 spiro atoms. The maximum atomic E-state index is 4.30. The van der Waals surface area contributed by atoms with Crippen molar-refractivity contribution in [1.82, 2.24) is 20.1 Å². The predicted octanol–water partition coefficient (Wildman–Crippen LogP) is 2.60. The highest BCUT2D eigenvalue weighted by atomic mass is 15.3. The largest absolute Gasteiger partial charge is 0.312 e. The molecule has 1 aromatic carbocycles. The molecule has 106 valence electrons. The van der Waals surface area contributed by atoms with Gasteiger partial charge >= 0.3 is 0 Å². The molecule has 0 bridgehead atoms. The van der Waals surface area contributed by atoms with E-state index in [4.69, 9.17) is 0 Å². The zero-order valence-electron chi connectivity index (χ0n) is 11.8. The van der Waals surface area contributed by atoms with Gasteiger partial charge in [-0.3, -0.25) is 4.98 Å². The molecular formula is C17H18N4. The van der Waals surface area contributed by atoms with Gasteiger partial charge in [0.25, 0.3) is 0 Å². The lowest BCUT2D eigenvalue weighted by Crippen LogP contribution is -2.18. The number of hydrogen-bond donors (Lipinski definition) is 1. The Bertz CT molecular complexity index is 662. The van der Waals surface area contributed by atoms with Crippen LogP contribution in [0.4, 0.5) is 0 Å². The van der Waals surface area contributed by atoms with Crippen LogP contribution in [0.2, 0.25) is 0 Å². The number of benzene rings is 1. The topological polar surface area (TPSA) is 42.7 Å². The van der Waals surface area contributed by atoms with Crippen LogP contribution in [0.25, 0.3) is 5.69 Å². The van der Waals surface area contributed by atoms with Crippen molar-refractivity contribution in [1.29, 1.82) is 0 Å². The van der Waals surface area contributed by atoms with Crippen LogP contribution in [-0.4, -0.2) is 21.3 Å². The van der Waals surface area contributed by atoms with Gasteiger partial charge in [0.05, 0.1) is 5.69 Å². The molecule has 0 unspecified atom stereocenters. The number of para-hydroxylation sites is 1. The van der Waals surface area contributed by atoms with E-state index in [0.717, 1.165) is 25.2 Å². The van der Waals surface area contributed by atoms with Gasteiger partial charge in [-0.1, -0.05) is 24.3 Å². The van der Waals surface area contributed by atoms with Crippen molar-refractivity contribution >= 4 is 0 Å². The van der Waals surface area contributed by atoms with Gasteiger partial charge in [0, 0.05) is 31.3 Å². The molecule has 4 heteroatoms. The van der Waals surface area contributed by atoms with E-state index in [1.165, 1.54) is 11.1 Å². The predicted molar refractivity (Wildman–Crippen MR) is 83.2 cm³/mol. The molecule has 2 aromatic heterocycles. The minimum Gasteiger partial charge on any atom is -0.312 e. The van der Waals surface area contributed by atoms with Crippen molar-refractivity contribution in [2.75, 3.05) is 6.54 Å². The second-order valence-corrected chi connectivity index (χ2v) is 4.87. The van der Waals surface area contributed by atoms with E-state index in [-0.39, 0.29) is 0 Å². The summed E-state index contributed by atoms with van der Waals surface area (Å²) in [5, 5.41) is 7.79. The van der Waals surface area contributed by atoms with E-state index in [9.17, 15) is 0 Å². The summed E-state index contributed by atoms with van der Waals surface area (Å²) >= 11 is 0. The van der Waals surface area contributed by atoms with Crippen LogP contribution < -0.4 is 5.32 Å². The molecule has 0 aliphatic carbocycles. The zero-order valence-corrected chi connectivity index (χ0v) is 11.8. The van der Waals surface area contributed by atoms with Gasteiger partial charge in [0.15, 0.2) is 0 Å². The summed E-state index contributed by atoms with van der Waals surface area (Å²) in [5.74, 6) is 0. The summed E-state index contributed by atoms with van der Waals surface area (Å²) in [6.07, 6.45) is 8.47. The lowest BCUT2D eigenvalue weighted by Gasteiger charge is -2.10.